The lowest BCUT2D eigenvalue weighted by atomic mass is 10.1. The molecule has 1 fully saturated rings. The Labute approximate surface area is 180 Å². The molecule has 7 heteroatoms. The normalized spacial score (nSPS) is 15.5. The van der Waals surface area contributed by atoms with Crippen LogP contribution in [0.25, 0.3) is 0 Å². The van der Waals surface area contributed by atoms with Crippen LogP contribution in [-0.4, -0.2) is 45.4 Å². The third-order valence-corrected chi connectivity index (χ3v) is 5.44. The van der Waals surface area contributed by atoms with Crippen LogP contribution in [0.3, 0.4) is 0 Å². The fraction of sp³-hybridized carbons (Fsp3) is 0.250. The molecule has 0 saturated carbocycles. The molecule has 3 aromatic rings. The molecule has 1 unspecified atom stereocenters. The number of amides is 2. The molecule has 31 heavy (non-hydrogen) atoms. The number of hydrogen-bond donors (Lipinski definition) is 1. The molecule has 1 saturated heterocycles. The number of nitrogens with one attached hydrogen (secondary N) is 1. The minimum atomic E-state index is -0.0828. The molecule has 1 N–H and O–H groups in total. The first-order valence-corrected chi connectivity index (χ1v) is 10.2. The monoisotopic (exact) mass is 413 g/mol. The predicted octanol–water partition coefficient (Wildman–Crippen LogP) is 2.38. The summed E-state index contributed by atoms with van der Waals surface area (Å²) in [5.74, 6) is -0.0848. The molecular formula is C24H23N5O2. The lowest BCUT2D eigenvalue weighted by Crippen LogP contribution is -2.39. The van der Waals surface area contributed by atoms with Crippen LogP contribution in [0.5, 0.6) is 0 Å². The molecule has 2 aromatic carbocycles. The van der Waals surface area contributed by atoms with Gasteiger partial charge in [0.15, 0.2) is 0 Å². The number of rotatable bonds is 6. The molecular weight excluding hydrogens is 390 g/mol. The second-order valence-electron chi connectivity index (χ2n) is 7.67. The van der Waals surface area contributed by atoms with Gasteiger partial charge in [0.05, 0.1) is 24.4 Å². The van der Waals surface area contributed by atoms with Crippen molar-refractivity contribution in [2.75, 3.05) is 13.1 Å². The quantitative estimate of drug-likeness (QED) is 0.672. The molecule has 2 amide bonds. The van der Waals surface area contributed by atoms with Crippen molar-refractivity contribution in [2.24, 2.45) is 0 Å². The Balaban J connectivity index is 1.31. The van der Waals surface area contributed by atoms with E-state index in [0.717, 1.165) is 17.7 Å². The van der Waals surface area contributed by atoms with Gasteiger partial charge in [-0.1, -0.05) is 30.3 Å². The van der Waals surface area contributed by atoms with Crippen molar-refractivity contribution >= 4 is 11.8 Å². The maximum Gasteiger partial charge on any atom is 0.253 e. The lowest BCUT2D eigenvalue weighted by Gasteiger charge is -2.17. The number of aromatic nitrogens is 2. The highest BCUT2D eigenvalue weighted by Gasteiger charge is 2.28. The Hall–Kier alpha value is -3.92. The standard InChI is InChI=1S/C24H23N5O2/c25-13-18-6-8-19(9-7-18)15-29-17-26-14-22(29)12-23(30)27-21-10-11-28(16-21)24(31)20-4-2-1-3-5-20/h1-9,14,17,21H,10-12,15-16H2,(H,27,30). The van der Waals surface area contributed by atoms with E-state index >= 15 is 0 Å². The number of nitriles is 1. The summed E-state index contributed by atoms with van der Waals surface area (Å²) in [6, 6.07) is 18.6. The van der Waals surface area contributed by atoms with Crippen LogP contribution in [0.4, 0.5) is 0 Å². The van der Waals surface area contributed by atoms with Crippen molar-refractivity contribution in [3.8, 4) is 6.07 Å². The number of likely N-dealkylation sites (tertiary alicyclic amines) is 1. The molecule has 0 bridgehead atoms. The van der Waals surface area contributed by atoms with Gasteiger partial charge in [0, 0.05) is 43.1 Å². The van der Waals surface area contributed by atoms with Crippen molar-refractivity contribution in [1.82, 2.24) is 19.8 Å². The molecule has 4 rings (SSSR count). The van der Waals surface area contributed by atoms with Crippen LogP contribution >= 0.6 is 0 Å². The number of benzene rings is 2. The predicted molar refractivity (Wildman–Crippen MR) is 115 cm³/mol. The van der Waals surface area contributed by atoms with E-state index in [1.165, 1.54) is 0 Å². The van der Waals surface area contributed by atoms with Crippen molar-refractivity contribution < 1.29 is 9.59 Å². The number of carbonyl (C=O) groups excluding carboxylic acids is 2. The van der Waals surface area contributed by atoms with E-state index in [1.54, 1.807) is 29.6 Å². The number of nitrogens with zero attached hydrogens (tertiary/aromatic N) is 4. The SMILES string of the molecule is N#Cc1ccc(Cn2cncc2CC(=O)NC2CCN(C(=O)c3ccccc3)C2)cc1. The van der Waals surface area contributed by atoms with E-state index in [1.807, 2.05) is 47.0 Å². The van der Waals surface area contributed by atoms with Gasteiger partial charge in [-0.15, -0.1) is 0 Å². The molecule has 1 aliphatic heterocycles. The average Bonchev–Trinajstić information content (AvgIpc) is 3.44. The van der Waals surface area contributed by atoms with Crippen LogP contribution in [0, 0.1) is 11.3 Å². The third kappa shape index (κ3) is 4.98. The first-order valence-electron chi connectivity index (χ1n) is 10.2. The summed E-state index contributed by atoms with van der Waals surface area (Å²) in [6.45, 7) is 1.73. The Morgan fingerprint density at radius 3 is 2.65 bits per heavy atom. The highest BCUT2D eigenvalue weighted by molar-refractivity contribution is 5.94. The molecule has 2 heterocycles. The van der Waals surface area contributed by atoms with E-state index in [-0.39, 0.29) is 24.3 Å². The maximum atomic E-state index is 12.6. The van der Waals surface area contributed by atoms with E-state index in [0.29, 0.717) is 30.8 Å². The molecule has 156 valence electrons. The Morgan fingerprint density at radius 2 is 1.90 bits per heavy atom. The van der Waals surface area contributed by atoms with Crippen LogP contribution in [0.1, 0.15) is 33.6 Å². The van der Waals surface area contributed by atoms with Gasteiger partial charge in [-0.2, -0.15) is 5.26 Å². The van der Waals surface area contributed by atoms with Gasteiger partial charge in [-0.05, 0) is 36.2 Å². The van der Waals surface area contributed by atoms with E-state index in [9.17, 15) is 9.59 Å². The van der Waals surface area contributed by atoms with Crippen molar-refractivity contribution in [1.29, 1.82) is 5.26 Å². The summed E-state index contributed by atoms with van der Waals surface area (Å²) in [6.07, 6.45) is 4.37. The van der Waals surface area contributed by atoms with Gasteiger partial charge in [0.1, 0.15) is 0 Å². The molecule has 0 radical (unpaired) electrons. The summed E-state index contributed by atoms with van der Waals surface area (Å²) >= 11 is 0. The zero-order valence-corrected chi connectivity index (χ0v) is 17.1. The van der Waals surface area contributed by atoms with E-state index in [4.69, 9.17) is 5.26 Å². The number of hydrogen-bond acceptors (Lipinski definition) is 4. The fourth-order valence-electron chi connectivity index (χ4n) is 3.79. The minimum absolute atomic E-state index is 0.00200. The van der Waals surface area contributed by atoms with Crippen molar-refractivity contribution in [2.45, 2.75) is 25.4 Å². The van der Waals surface area contributed by atoms with Gasteiger partial charge >= 0.3 is 0 Å². The summed E-state index contributed by atoms with van der Waals surface area (Å²) in [5, 5.41) is 12.0. The van der Waals surface area contributed by atoms with Gasteiger partial charge in [0.25, 0.3) is 5.91 Å². The molecule has 1 aromatic heterocycles. The fourth-order valence-corrected chi connectivity index (χ4v) is 3.79. The van der Waals surface area contributed by atoms with Gasteiger partial charge in [-0.25, -0.2) is 4.98 Å². The Morgan fingerprint density at radius 1 is 1.13 bits per heavy atom. The molecule has 0 aliphatic carbocycles. The summed E-state index contributed by atoms with van der Waals surface area (Å²) in [7, 11) is 0. The summed E-state index contributed by atoms with van der Waals surface area (Å²) in [4.78, 5) is 31.2. The van der Waals surface area contributed by atoms with Gasteiger partial charge in [0.2, 0.25) is 5.91 Å². The van der Waals surface area contributed by atoms with E-state index < -0.39 is 0 Å². The van der Waals surface area contributed by atoms with Gasteiger partial charge < -0.3 is 14.8 Å². The summed E-state index contributed by atoms with van der Waals surface area (Å²) in [5.41, 5.74) is 3.13. The first kappa shape index (κ1) is 20.4. The molecule has 7 nitrogen and oxygen atoms in total. The topological polar surface area (TPSA) is 91.0 Å². The van der Waals surface area contributed by atoms with Crippen LogP contribution in [0.2, 0.25) is 0 Å². The number of carbonyl (C=O) groups is 2. The van der Waals surface area contributed by atoms with Crippen molar-refractivity contribution in [3.05, 3.63) is 89.5 Å². The summed E-state index contributed by atoms with van der Waals surface area (Å²) < 4.78 is 1.93. The molecule has 1 atom stereocenters. The zero-order chi connectivity index (χ0) is 21.6. The average molecular weight is 413 g/mol. The largest absolute Gasteiger partial charge is 0.351 e. The van der Waals surface area contributed by atoms with Crippen LogP contribution in [0.15, 0.2) is 67.1 Å². The van der Waals surface area contributed by atoms with E-state index in [2.05, 4.69) is 16.4 Å². The van der Waals surface area contributed by atoms with Crippen LogP contribution < -0.4 is 5.32 Å². The zero-order valence-electron chi connectivity index (χ0n) is 17.1. The molecule has 0 spiro atoms. The second-order valence-corrected chi connectivity index (χ2v) is 7.67. The Kier molecular flexibility index (Phi) is 6.08. The van der Waals surface area contributed by atoms with Crippen LogP contribution in [-0.2, 0) is 17.8 Å². The highest BCUT2D eigenvalue weighted by Crippen LogP contribution is 2.14. The maximum absolute atomic E-state index is 12.6. The smallest absolute Gasteiger partial charge is 0.253 e. The first-order chi connectivity index (χ1) is 15.1. The lowest BCUT2D eigenvalue weighted by molar-refractivity contribution is -0.121. The third-order valence-electron chi connectivity index (χ3n) is 5.44. The Bertz CT molecular complexity index is 1100. The van der Waals surface area contributed by atoms with Crippen molar-refractivity contribution in [3.63, 3.8) is 0 Å². The minimum Gasteiger partial charge on any atom is -0.351 e. The van der Waals surface area contributed by atoms with Gasteiger partial charge in [-0.3, -0.25) is 9.59 Å². The molecule has 1 aliphatic rings. The number of imidazole rings is 1. The highest BCUT2D eigenvalue weighted by atomic mass is 16.2. The second kappa shape index (κ2) is 9.26.